The van der Waals surface area contributed by atoms with Crippen molar-refractivity contribution in [3.05, 3.63) is 59.4 Å². The Hall–Kier alpha value is -2.86. The van der Waals surface area contributed by atoms with Gasteiger partial charge in [0.25, 0.3) is 0 Å². The van der Waals surface area contributed by atoms with E-state index in [-0.39, 0.29) is 12.5 Å². The van der Waals surface area contributed by atoms with Crippen LogP contribution in [-0.4, -0.2) is 35.8 Å². The van der Waals surface area contributed by atoms with Crippen LogP contribution in [0.25, 0.3) is 11.0 Å². The number of fused-ring (bicyclic) bond motifs is 1. The zero-order valence-electron chi connectivity index (χ0n) is 16.7. The molecule has 2 aromatic carbocycles. The van der Waals surface area contributed by atoms with Crippen molar-refractivity contribution in [2.24, 2.45) is 0 Å². The second-order valence-corrected chi connectivity index (χ2v) is 6.90. The van der Waals surface area contributed by atoms with Crippen molar-refractivity contribution in [1.82, 2.24) is 14.9 Å². The van der Waals surface area contributed by atoms with E-state index in [9.17, 15) is 4.79 Å². The molecular weight excluding hydrogens is 354 g/mol. The first kappa shape index (κ1) is 19.9. The molecule has 0 fully saturated rings. The van der Waals surface area contributed by atoms with Gasteiger partial charge in [0.2, 0.25) is 5.91 Å². The Morgan fingerprint density at radius 3 is 2.64 bits per heavy atom. The Kier molecular flexibility index (Phi) is 6.66. The van der Waals surface area contributed by atoms with E-state index in [4.69, 9.17) is 9.47 Å². The minimum atomic E-state index is -0.153. The lowest BCUT2D eigenvalue weighted by Crippen LogP contribution is -2.28. The molecule has 0 atom stereocenters. The molecule has 3 rings (SSSR count). The van der Waals surface area contributed by atoms with Crippen LogP contribution in [-0.2, 0) is 22.6 Å². The van der Waals surface area contributed by atoms with Crippen molar-refractivity contribution < 1.29 is 14.3 Å². The summed E-state index contributed by atoms with van der Waals surface area (Å²) in [4.78, 5) is 16.4. The summed E-state index contributed by atoms with van der Waals surface area (Å²) < 4.78 is 12.9. The summed E-state index contributed by atoms with van der Waals surface area (Å²) in [6, 6.07) is 14.2. The molecule has 0 radical (unpaired) electrons. The average molecular weight is 381 g/mol. The van der Waals surface area contributed by atoms with Crippen molar-refractivity contribution in [2.75, 3.05) is 20.3 Å². The summed E-state index contributed by atoms with van der Waals surface area (Å²) in [6.45, 7) is 5.94. The molecule has 0 aliphatic carbocycles. The summed E-state index contributed by atoms with van der Waals surface area (Å²) in [5.74, 6) is 1.58. The summed E-state index contributed by atoms with van der Waals surface area (Å²) >= 11 is 0. The van der Waals surface area contributed by atoms with E-state index in [1.807, 2.05) is 24.3 Å². The highest BCUT2D eigenvalue weighted by Crippen LogP contribution is 2.18. The molecule has 148 valence electrons. The predicted octanol–water partition coefficient (Wildman–Crippen LogP) is 3.38. The SMILES string of the molecule is COCC(=O)NCc1nc2ccccc2n1CCCOc1cc(C)cc(C)c1. The molecule has 6 heteroatoms. The molecule has 1 aromatic heterocycles. The molecule has 1 amide bonds. The number of nitrogens with zero attached hydrogens (tertiary/aromatic N) is 2. The Morgan fingerprint density at radius 2 is 1.89 bits per heavy atom. The highest BCUT2D eigenvalue weighted by atomic mass is 16.5. The fourth-order valence-corrected chi connectivity index (χ4v) is 3.30. The fourth-order valence-electron chi connectivity index (χ4n) is 3.30. The second-order valence-electron chi connectivity index (χ2n) is 6.90. The number of benzene rings is 2. The van der Waals surface area contributed by atoms with E-state index in [0.717, 1.165) is 35.6 Å². The number of hydrogen-bond donors (Lipinski definition) is 1. The van der Waals surface area contributed by atoms with Gasteiger partial charge in [-0.25, -0.2) is 4.98 Å². The number of methoxy groups -OCH3 is 1. The van der Waals surface area contributed by atoms with Gasteiger partial charge in [-0.05, 0) is 55.7 Å². The lowest BCUT2D eigenvalue weighted by Gasteiger charge is -2.12. The Balaban J connectivity index is 1.65. The number of ether oxygens (including phenoxy) is 2. The summed E-state index contributed by atoms with van der Waals surface area (Å²) in [5, 5.41) is 2.85. The largest absolute Gasteiger partial charge is 0.494 e. The van der Waals surface area contributed by atoms with Crippen molar-refractivity contribution in [1.29, 1.82) is 0 Å². The van der Waals surface area contributed by atoms with Gasteiger partial charge in [0.15, 0.2) is 0 Å². The van der Waals surface area contributed by atoms with E-state index in [1.165, 1.54) is 18.2 Å². The standard InChI is InChI=1S/C22H27N3O3/c1-16-11-17(2)13-18(12-16)28-10-6-9-25-20-8-5-4-7-19(20)24-21(25)14-23-22(26)15-27-3/h4-5,7-8,11-13H,6,9-10,14-15H2,1-3H3,(H,23,26). The van der Waals surface area contributed by atoms with Crippen LogP contribution >= 0.6 is 0 Å². The molecular formula is C22H27N3O3. The van der Waals surface area contributed by atoms with Crippen LogP contribution in [0.1, 0.15) is 23.4 Å². The van der Waals surface area contributed by atoms with E-state index >= 15 is 0 Å². The first-order valence-electron chi connectivity index (χ1n) is 9.47. The topological polar surface area (TPSA) is 65.4 Å². The molecule has 0 saturated carbocycles. The van der Waals surface area contributed by atoms with Gasteiger partial charge in [-0.2, -0.15) is 0 Å². The molecule has 0 aliphatic rings. The molecule has 0 unspecified atom stereocenters. The third-order valence-electron chi connectivity index (χ3n) is 4.44. The molecule has 6 nitrogen and oxygen atoms in total. The number of aryl methyl sites for hydroxylation is 3. The number of carbonyl (C=O) groups is 1. The maximum atomic E-state index is 11.7. The third-order valence-corrected chi connectivity index (χ3v) is 4.44. The van der Waals surface area contributed by atoms with Crippen LogP contribution < -0.4 is 10.1 Å². The Morgan fingerprint density at radius 1 is 1.14 bits per heavy atom. The predicted molar refractivity (Wildman–Crippen MR) is 109 cm³/mol. The molecule has 0 bridgehead atoms. The Labute approximate surface area is 165 Å². The van der Waals surface area contributed by atoms with Crippen LogP contribution in [0.4, 0.5) is 0 Å². The van der Waals surface area contributed by atoms with Crippen LogP contribution in [0, 0.1) is 13.8 Å². The van der Waals surface area contributed by atoms with Gasteiger partial charge in [0.1, 0.15) is 18.2 Å². The number of aromatic nitrogens is 2. The van der Waals surface area contributed by atoms with Gasteiger partial charge >= 0.3 is 0 Å². The molecule has 0 saturated heterocycles. The van der Waals surface area contributed by atoms with Crippen molar-refractivity contribution in [2.45, 2.75) is 33.4 Å². The number of nitrogens with one attached hydrogen (secondary N) is 1. The lowest BCUT2D eigenvalue weighted by molar-refractivity contribution is -0.124. The van der Waals surface area contributed by atoms with Gasteiger partial charge in [-0.15, -0.1) is 0 Å². The number of imidazole rings is 1. The molecule has 3 aromatic rings. The molecule has 0 aliphatic heterocycles. The second kappa shape index (κ2) is 9.37. The number of para-hydroxylation sites is 2. The van der Waals surface area contributed by atoms with Gasteiger partial charge in [-0.1, -0.05) is 18.2 Å². The lowest BCUT2D eigenvalue weighted by atomic mass is 10.1. The first-order chi connectivity index (χ1) is 13.6. The summed E-state index contributed by atoms with van der Waals surface area (Å²) in [5.41, 5.74) is 4.38. The number of amides is 1. The maximum absolute atomic E-state index is 11.7. The summed E-state index contributed by atoms with van der Waals surface area (Å²) in [7, 11) is 1.50. The van der Waals surface area contributed by atoms with E-state index in [1.54, 1.807) is 0 Å². The first-order valence-corrected chi connectivity index (χ1v) is 9.47. The third kappa shape index (κ3) is 5.10. The van der Waals surface area contributed by atoms with Gasteiger partial charge in [-0.3, -0.25) is 4.79 Å². The molecule has 1 heterocycles. The van der Waals surface area contributed by atoms with E-state index < -0.39 is 0 Å². The average Bonchev–Trinajstić information content (AvgIpc) is 3.01. The zero-order valence-corrected chi connectivity index (χ0v) is 16.7. The van der Waals surface area contributed by atoms with Crippen LogP contribution in [0.2, 0.25) is 0 Å². The monoisotopic (exact) mass is 381 g/mol. The number of hydrogen-bond acceptors (Lipinski definition) is 4. The number of rotatable bonds is 9. The normalized spacial score (nSPS) is 11.0. The van der Waals surface area contributed by atoms with E-state index in [0.29, 0.717) is 13.2 Å². The smallest absolute Gasteiger partial charge is 0.246 e. The quantitative estimate of drug-likeness (QED) is 0.577. The van der Waals surface area contributed by atoms with Crippen LogP contribution in [0.3, 0.4) is 0 Å². The molecule has 1 N–H and O–H groups in total. The van der Waals surface area contributed by atoms with Gasteiger partial charge in [0, 0.05) is 13.7 Å². The molecule has 28 heavy (non-hydrogen) atoms. The minimum Gasteiger partial charge on any atom is -0.494 e. The zero-order chi connectivity index (χ0) is 19.9. The van der Waals surface area contributed by atoms with Crippen molar-refractivity contribution >= 4 is 16.9 Å². The van der Waals surface area contributed by atoms with Crippen LogP contribution in [0.15, 0.2) is 42.5 Å². The Bertz CT molecular complexity index is 929. The minimum absolute atomic E-state index is 0.0456. The summed E-state index contributed by atoms with van der Waals surface area (Å²) in [6.07, 6.45) is 0.840. The fraction of sp³-hybridized carbons (Fsp3) is 0.364. The van der Waals surface area contributed by atoms with Gasteiger partial charge in [0.05, 0.1) is 24.2 Å². The van der Waals surface area contributed by atoms with Crippen LogP contribution in [0.5, 0.6) is 5.75 Å². The van der Waals surface area contributed by atoms with Gasteiger partial charge < -0.3 is 19.4 Å². The van der Waals surface area contributed by atoms with Crippen molar-refractivity contribution in [3.8, 4) is 5.75 Å². The highest BCUT2D eigenvalue weighted by molar-refractivity contribution is 5.78. The van der Waals surface area contributed by atoms with Crippen molar-refractivity contribution in [3.63, 3.8) is 0 Å². The molecule has 0 spiro atoms. The maximum Gasteiger partial charge on any atom is 0.246 e. The van der Waals surface area contributed by atoms with E-state index in [2.05, 4.69) is 46.9 Å². The highest BCUT2D eigenvalue weighted by Gasteiger charge is 2.11. The number of carbonyl (C=O) groups excluding carboxylic acids is 1.